The Bertz CT molecular complexity index is 989. The molecule has 13 heteroatoms. The van der Waals surface area contributed by atoms with Gasteiger partial charge in [0.05, 0.1) is 9.85 Å². The van der Waals surface area contributed by atoms with Gasteiger partial charge in [-0.1, -0.05) is 0 Å². The molecule has 0 saturated carbocycles. The predicted octanol–water partition coefficient (Wildman–Crippen LogP) is 2.71. The Morgan fingerprint density at radius 2 is 1.62 bits per heavy atom. The lowest BCUT2D eigenvalue weighted by Crippen LogP contribution is -1.98. The van der Waals surface area contributed by atoms with E-state index in [1.54, 1.807) is 36.9 Å². The van der Waals surface area contributed by atoms with Gasteiger partial charge in [-0.25, -0.2) is 14.6 Å². The normalized spacial score (nSPS) is 9.41. The van der Waals surface area contributed by atoms with Gasteiger partial charge in [0.15, 0.2) is 5.82 Å². The number of nitro groups is 2. The maximum atomic E-state index is 12.0. The summed E-state index contributed by atoms with van der Waals surface area (Å²) in [6.07, 6.45) is 8.86. The third kappa shape index (κ3) is 6.93. The Hall–Kier alpha value is -4.55. The van der Waals surface area contributed by atoms with Gasteiger partial charge in [0.25, 0.3) is 11.4 Å². The molecule has 0 amide bonds. The van der Waals surface area contributed by atoms with E-state index in [-0.39, 0.29) is 11.4 Å². The van der Waals surface area contributed by atoms with Gasteiger partial charge < -0.3 is 0 Å². The summed E-state index contributed by atoms with van der Waals surface area (Å²) >= 11 is 0. The maximum Gasteiger partial charge on any atom is 0.287 e. The highest BCUT2D eigenvalue weighted by molar-refractivity contribution is 5.32. The van der Waals surface area contributed by atoms with Crippen LogP contribution < -0.4 is 0 Å². The van der Waals surface area contributed by atoms with Crippen LogP contribution in [0.4, 0.5) is 15.8 Å². The molecule has 29 heavy (non-hydrogen) atoms. The number of hydrogen-bond acceptors (Lipinski definition) is 8. The molecular weight excluding hydrogens is 387 g/mol. The van der Waals surface area contributed by atoms with E-state index < -0.39 is 15.8 Å². The molecule has 0 radical (unpaired) electrons. The lowest BCUT2D eigenvalue weighted by Gasteiger charge is -1.97. The van der Waals surface area contributed by atoms with Crippen LogP contribution in [-0.4, -0.2) is 39.8 Å². The Labute approximate surface area is 162 Å². The summed E-state index contributed by atoms with van der Waals surface area (Å²) in [5, 5.41) is 30.5. The molecule has 4 heterocycles. The predicted molar refractivity (Wildman–Crippen MR) is 97.5 cm³/mol. The van der Waals surface area contributed by atoms with E-state index in [0.717, 1.165) is 18.3 Å². The smallest absolute Gasteiger partial charge is 0.286 e. The van der Waals surface area contributed by atoms with Crippen molar-refractivity contribution in [3.8, 4) is 5.82 Å². The van der Waals surface area contributed by atoms with E-state index >= 15 is 0 Å². The first-order chi connectivity index (χ1) is 14.0. The molecule has 0 aliphatic carbocycles. The molecule has 0 aromatic carbocycles. The number of aromatic amines is 1. The van der Waals surface area contributed by atoms with E-state index in [0.29, 0.717) is 5.82 Å². The molecule has 148 valence electrons. The SMILES string of the molecule is O=[N+]([O-])c1ccc(-n2cccn2)nc1.O=[N+]([O-])c1ccc(F)nc1.c1cn[nH]c1. The molecule has 0 saturated heterocycles. The molecule has 0 aliphatic rings. The van der Waals surface area contributed by atoms with Crippen molar-refractivity contribution in [1.82, 2.24) is 29.9 Å². The highest BCUT2D eigenvalue weighted by Crippen LogP contribution is 2.10. The van der Waals surface area contributed by atoms with Crippen molar-refractivity contribution >= 4 is 11.4 Å². The van der Waals surface area contributed by atoms with E-state index in [4.69, 9.17) is 0 Å². The zero-order valence-corrected chi connectivity index (χ0v) is 14.6. The second-order valence-corrected chi connectivity index (χ2v) is 4.94. The average molecular weight is 400 g/mol. The van der Waals surface area contributed by atoms with Crippen molar-refractivity contribution in [3.05, 3.63) is 99.8 Å². The van der Waals surface area contributed by atoms with Crippen molar-refractivity contribution in [2.24, 2.45) is 0 Å². The fourth-order valence-electron chi connectivity index (χ4n) is 1.72. The van der Waals surface area contributed by atoms with Crippen molar-refractivity contribution in [3.63, 3.8) is 0 Å². The summed E-state index contributed by atoms with van der Waals surface area (Å²) in [6, 6.07) is 8.53. The summed E-state index contributed by atoms with van der Waals surface area (Å²) in [5.41, 5.74) is -0.234. The van der Waals surface area contributed by atoms with Crippen LogP contribution in [0.25, 0.3) is 5.82 Å². The van der Waals surface area contributed by atoms with E-state index in [9.17, 15) is 24.6 Å². The van der Waals surface area contributed by atoms with Crippen LogP contribution in [0.3, 0.4) is 0 Å². The van der Waals surface area contributed by atoms with Crippen LogP contribution >= 0.6 is 0 Å². The van der Waals surface area contributed by atoms with Crippen molar-refractivity contribution in [2.75, 3.05) is 0 Å². The van der Waals surface area contributed by atoms with Crippen LogP contribution in [0, 0.1) is 26.2 Å². The van der Waals surface area contributed by atoms with Gasteiger partial charge in [0.2, 0.25) is 5.95 Å². The molecule has 4 rings (SSSR count). The topological polar surface area (TPSA) is 159 Å². The average Bonchev–Trinajstić information content (AvgIpc) is 3.45. The molecular formula is C16H13FN8O4. The lowest BCUT2D eigenvalue weighted by atomic mass is 10.4. The lowest BCUT2D eigenvalue weighted by molar-refractivity contribution is -0.385. The van der Waals surface area contributed by atoms with Crippen molar-refractivity contribution in [1.29, 1.82) is 0 Å². The second-order valence-electron chi connectivity index (χ2n) is 4.94. The maximum absolute atomic E-state index is 12.0. The number of pyridine rings is 2. The van der Waals surface area contributed by atoms with Gasteiger partial charge in [-0.3, -0.25) is 25.3 Å². The van der Waals surface area contributed by atoms with E-state index in [1.165, 1.54) is 16.9 Å². The van der Waals surface area contributed by atoms with Gasteiger partial charge in [-0.2, -0.15) is 14.6 Å². The Balaban J connectivity index is 0.000000173. The molecule has 0 unspecified atom stereocenters. The van der Waals surface area contributed by atoms with Gasteiger partial charge in [0.1, 0.15) is 12.4 Å². The molecule has 0 aliphatic heterocycles. The Kier molecular flexibility index (Phi) is 7.56. The number of rotatable bonds is 3. The van der Waals surface area contributed by atoms with E-state index in [1.807, 2.05) is 6.07 Å². The fourth-order valence-corrected chi connectivity index (χ4v) is 1.72. The second kappa shape index (κ2) is 10.6. The Morgan fingerprint density at radius 3 is 2.00 bits per heavy atom. The number of halogens is 1. The number of H-pyrrole nitrogens is 1. The summed E-state index contributed by atoms with van der Waals surface area (Å²) in [6.45, 7) is 0. The van der Waals surface area contributed by atoms with E-state index in [2.05, 4.69) is 25.3 Å². The standard InChI is InChI=1S/C8H6N4O2.C5H3FN2O2.C3H4N2/c13-12(14)7-2-3-8(9-6-7)11-5-1-4-10-11;6-5-2-1-4(3-7-5)8(9)10;1-2-4-5-3-1/h1-6H;1-3H;1-3H,(H,4,5). The first kappa shape index (κ1) is 20.8. The van der Waals surface area contributed by atoms with Gasteiger partial charge in [0, 0.05) is 36.9 Å². The third-order valence-corrected chi connectivity index (χ3v) is 3.01. The number of hydrogen-bond donors (Lipinski definition) is 1. The van der Waals surface area contributed by atoms with Crippen molar-refractivity contribution in [2.45, 2.75) is 0 Å². The minimum absolute atomic E-state index is 0.0269. The molecule has 0 atom stereocenters. The quantitative estimate of drug-likeness (QED) is 0.312. The molecule has 0 fully saturated rings. The molecule has 1 N–H and O–H groups in total. The summed E-state index contributed by atoms with van der Waals surface area (Å²) < 4.78 is 13.5. The zero-order valence-electron chi connectivity index (χ0n) is 14.6. The largest absolute Gasteiger partial charge is 0.287 e. The number of nitrogens with one attached hydrogen (secondary N) is 1. The molecule has 12 nitrogen and oxygen atoms in total. The van der Waals surface area contributed by atoms with Crippen LogP contribution in [0.15, 0.2) is 73.6 Å². The zero-order chi connectivity index (χ0) is 21.1. The highest BCUT2D eigenvalue weighted by atomic mass is 19.1. The third-order valence-electron chi connectivity index (χ3n) is 3.01. The van der Waals surface area contributed by atoms with Crippen LogP contribution in [0.2, 0.25) is 0 Å². The number of aromatic nitrogens is 6. The summed E-state index contributed by atoms with van der Waals surface area (Å²) in [4.78, 5) is 26.2. The number of nitrogens with zero attached hydrogens (tertiary/aromatic N) is 7. The van der Waals surface area contributed by atoms with Crippen LogP contribution in [0.1, 0.15) is 0 Å². The first-order valence-electron chi connectivity index (χ1n) is 7.77. The molecule has 4 aromatic heterocycles. The molecule has 0 spiro atoms. The fraction of sp³-hybridized carbons (Fsp3) is 0. The Morgan fingerprint density at radius 1 is 0.931 bits per heavy atom. The molecule has 4 aromatic rings. The first-order valence-corrected chi connectivity index (χ1v) is 7.77. The van der Waals surface area contributed by atoms with Crippen LogP contribution in [-0.2, 0) is 0 Å². The van der Waals surface area contributed by atoms with Gasteiger partial charge in [-0.05, 0) is 24.3 Å². The highest BCUT2D eigenvalue weighted by Gasteiger charge is 2.05. The van der Waals surface area contributed by atoms with Crippen LogP contribution in [0.5, 0.6) is 0 Å². The minimum atomic E-state index is -0.717. The van der Waals surface area contributed by atoms with Crippen molar-refractivity contribution < 1.29 is 14.2 Å². The van der Waals surface area contributed by atoms with Gasteiger partial charge in [-0.15, -0.1) is 0 Å². The monoisotopic (exact) mass is 400 g/mol. The minimum Gasteiger partial charge on any atom is -0.286 e. The summed E-state index contributed by atoms with van der Waals surface area (Å²) in [7, 11) is 0. The van der Waals surface area contributed by atoms with Gasteiger partial charge >= 0.3 is 0 Å². The summed E-state index contributed by atoms with van der Waals surface area (Å²) in [5.74, 6) is -0.161. The molecule has 0 bridgehead atoms.